The molecule has 1 atom stereocenters. The van der Waals surface area contributed by atoms with Gasteiger partial charge in [0.15, 0.2) is 5.82 Å². The molecule has 0 fully saturated rings. The Kier molecular flexibility index (Phi) is 4.94. The summed E-state index contributed by atoms with van der Waals surface area (Å²) in [5.74, 6) is -1.02. The minimum absolute atomic E-state index is 0.0319. The SMILES string of the molecule is Cc1cc(C2=NOC(c3cc(Cl)c(F)c(Cl)c3)(C(F)(F)F)C2)ccc1C=O. The van der Waals surface area contributed by atoms with Crippen LogP contribution in [0, 0.1) is 12.7 Å². The standard InChI is InChI=1S/C18H11Cl2F4NO2/c1-9-4-10(2-3-11(9)8-26)15-7-17(27-25-15,18(22,23)24)12-5-13(19)16(21)14(20)6-12/h2-6,8H,7H2,1H3. The van der Waals surface area contributed by atoms with Crippen LogP contribution in [0.25, 0.3) is 0 Å². The summed E-state index contributed by atoms with van der Waals surface area (Å²) in [5, 5.41) is 2.51. The molecule has 27 heavy (non-hydrogen) atoms. The second kappa shape index (κ2) is 6.80. The van der Waals surface area contributed by atoms with Crippen LogP contribution in [0.3, 0.4) is 0 Å². The second-order valence-electron chi connectivity index (χ2n) is 6.07. The fraction of sp³-hybridized carbons (Fsp3) is 0.222. The molecule has 142 valence electrons. The lowest BCUT2D eigenvalue weighted by molar-refractivity contribution is -0.275. The normalized spacial score (nSPS) is 19.6. The van der Waals surface area contributed by atoms with Gasteiger partial charge in [-0.2, -0.15) is 13.2 Å². The predicted octanol–water partition coefficient (Wildman–Crippen LogP) is 5.84. The number of carbonyl (C=O) groups excluding carboxylic acids is 1. The summed E-state index contributed by atoms with van der Waals surface area (Å²) in [4.78, 5) is 15.8. The summed E-state index contributed by atoms with van der Waals surface area (Å²) >= 11 is 11.3. The van der Waals surface area contributed by atoms with Crippen molar-refractivity contribution in [1.82, 2.24) is 0 Å². The lowest BCUT2D eigenvalue weighted by Crippen LogP contribution is -2.42. The number of aldehydes is 1. The van der Waals surface area contributed by atoms with Crippen LogP contribution in [0.4, 0.5) is 17.6 Å². The second-order valence-corrected chi connectivity index (χ2v) is 6.89. The molecule has 2 aromatic carbocycles. The molecule has 0 saturated carbocycles. The van der Waals surface area contributed by atoms with E-state index in [0.717, 1.165) is 12.1 Å². The highest BCUT2D eigenvalue weighted by molar-refractivity contribution is 6.35. The smallest absolute Gasteiger partial charge is 0.374 e. The molecule has 0 amide bonds. The Bertz CT molecular complexity index is 936. The van der Waals surface area contributed by atoms with E-state index in [9.17, 15) is 22.4 Å². The molecular weight excluding hydrogens is 409 g/mol. The van der Waals surface area contributed by atoms with Crippen LogP contribution in [0.5, 0.6) is 0 Å². The topological polar surface area (TPSA) is 38.7 Å². The molecule has 0 spiro atoms. The maximum absolute atomic E-state index is 13.9. The zero-order valence-electron chi connectivity index (χ0n) is 13.7. The predicted molar refractivity (Wildman–Crippen MR) is 93.0 cm³/mol. The molecule has 1 aliphatic heterocycles. The number of hydrogen-bond acceptors (Lipinski definition) is 3. The van der Waals surface area contributed by atoms with Gasteiger partial charge in [-0.15, -0.1) is 0 Å². The molecule has 1 unspecified atom stereocenters. The highest BCUT2D eigenvalue weighted by atomic mass is 35.5. The number of nitrogens with zero attached hydrogens (tertiary/aromatic N) is 1. The van der Waals surface area contributed by atoms with E-state index in [4.69, 9.17) is 28.0 Å². The first-order valence-corrected chi connectivity index (χ1v) is 8.37. The van der Waals surface area contributed by atoms with Crippen molar-refractivity contribution in [2.45, 2.75) is 25.1 Å². The number of hydrogen-bond donors (Lipinski definition) is 0. The Morgan fingerprint density at radius 3 is 2.33 bits per heavy atom. The van der Waals surface area contributed by atoms with E-state index in [2.05, 4.69) is 5.16 Å². The molecule has 0 aliphatic carbocycles. The van der Waals surface area contributed by atoms with Crippen molar-refractivity contribution in [2.75, 3.05) is 0 Å². The van der Waals surface area contributed by atoms with Crippen LogP contribution in [0.2, 0.25) is 10.0 Å². The van der Waals surface area contributed by atoms with Crippen molar-refractivity contribution in [3.8, 4) is 0 Å². The minimum Gasteiger partial charge on any atom is -0.374 e. The maximum atomic E-state index is 13.9. The summed E-state index contributed by atoms with van der Waals surface area (Å²) in [5.41, 5.74) is -1.89. The van der Waals surface area contributed by atoms with Gasteiger partial charge in [0, 0.05) is 17.5 Å². The minimum atomic E-state index is -4.87. The lowest BCUT2D eigenvalue weighted by atomic mass is 9.86. The highest BCUT2D eigenvalue weighted by Crippen LogP contribution is 2.50. The van der Waals surface area contributed by atoms with Gasteiger partial charge in [-0.05, 0) is 36.2 Å². The quantitative estimate of drug-likeness (QED) is 0.356. The molecular formula is C18H11Cl2F4NO2. The van der Waals surface area contributed by atoms with Gasteiger partial charge in [0.25, 0.3) is 5.60 Å². The van der Waals surface area contributed by atoms with Crippen LogP contribution in [0.15, 0.2) is 35.5 Å². The average Bonchev–Trinajstić information content (AvgIpc) is 3.06. The first-order chi connectivity index (χ1) is 12.6. The summed E-state index contributed by atoms with van der Waals surface area (Å²) in [6.07, 6.45) is -4.89. The Hall–Kier alpha value is -2.12. The van der Waals surface area contributed by atoms with Gasteiger partial charge >= 0.3 is 6.18 Å². The molecule has 0 aromatic heterocycles. The number of alkyl halides is 3. The van der Waals surface area contributed by atoms with E-state index < -0.39 is 39.6 Å². The fourth-order valence-electron chi connectivity index (χ4n) is 2.83. The van der Waals surface area contributed by atoms with Crippen molar-refractivity contribution in [3.05, 3.63) is 68.4 Å². The summed E-state index contributed by atoms with van der Waals surface area (Å²) in [6, 6.07) is 6.17. The number of carbonyl (C=O) groups is 1. The van der Waals surface area contributed by atoms with Gasteiger partial charge in [-0.25, -0.2) is 4.39 Å². The molecule has 2 aromatic rings. The Balaban J connectivity index is 2.05. The van der Waals surface area contributed by atoms with Crippen molar-refractivity contribution in [2.24, 2.45) is 5.16 Å². The monoisotopic (exact) mass is 419 g/mol. The zero-order chi connectivity index (χ0) is 20.0. The van der Waals surface area contributed by atoms with Crippen LogP contribution < -0.4 is 0 Å². The first kappa shape index (κ1) is 19.6. The average molecular weight is 420 g/mol. The Labute approximate surface area is 161 Å². The van der Waals surface area contributed by atoms with Crippen LogP contribution in [0.1, 0.15) is 33.5 Å². The van der Waals surface area contributed by atoms with E-state index in [-0.39, 0.29) is 5.71 Å². The van der Waals surface area contributed by atoms with Gasteiger partial charge in [-0.1, -0.05) is 40.5 Å². The third-order valence-electron chi connectivity index (χ3n) is 4.37. The lowest BCUT2D eigenvalue weighted by Gasteiger charge is -2.29. The molecule has 1 heterocycles. The molecule has 3 rings (SSSR count). The first-order valence-electron chi connectivity index (χ1n) is 7.62. The van der Waals surface area contributed by atoms with Gasteiger partial charge in [0.1, 0.15) is 6.29 Å². The maximum Gasteiger partial charge on any atom is 0.435 e. The van der Waals surface area contributed by atoms with E-state index in [0.29, 0.717) is 23.0 Å². The summed E-state index contributed by atoms with van der Waals surface area (Å²) in [6.45, 7) is 1.65. The van der Waals surface area contributed by atoms with Crippen molar-refractivity contribution in [1.29, 1.82) is 0 Å². The van der Waals surface area contributed by atoms with E-state index in [1.54, 1.807) is 13.0 Å². The van der Waals surface area contributed by atoms with Crippen LogP contribution in [-0.2, 0) is 10.4 Å². The Morgan fingerprint density at radius 1 is 1.19 bits per heavy atom. The van der Waals surface area contributed by atoms with Gasteiger partial charge in [-0.3, -0.25) is 4.79 Å². The largest absolute Gasteiger partial charge is 0.435 e. The summed E-state index contributed by atoms with van der Waals surface area (Å²) < 4.78 is 55.4. The number of benzene rings is 2. The van der Waals surface area contributed by atoms with Crippen molar-refractivity contribution in [3.63, 3.8) is 0 Å². The van der Waals surface area contributed by atoms with Gasteiger partial charge < -0.3 is 4.84 Å². The molecule has 0 N–H and O–H groups in total. The Morgan fingerprint density at radius 2 is 1.81 bits per heavy atom. The summed E-state index contributed by atoms with van der Waals surface area (Å²) in [7, 11) is 0. The molecule has 0 radical (unpaired) electrons. The van der Waals surface area contributed by atoms with Crippen LogP contribution in [-0.4, -0.2) is 18.2 Å². The zero-order valence-corrected chi connectivity index (χ0v) is 15.2. The fourth-order valence-corrected chi connectivity index (χ4v) is 3.32. The third kappa shape index (κ3) is 3.30. The number of rotatable bonds is 3. The number of aryl methyl sites for hydroxylation is 1. The van der Waals surface area contributed by atoms with Crippen molar-refractivity contribution >= 4 is 35.2 Å². The van der Waals surface area contributed by atoms with Crippen LogP contribution >= 0.6 is 23.2 Å². The van der Waals surface area contributed by atoms with E-state index >= 15 is 0 Å². The molecule has 9 heteroatoms. The highest BCUT2D eigenvalue weighted by Gasteiger charge is 2.62. The molecule has 3 nitrogen and oxygen atoms in total. The molecule has 1 aliphatic rings. The molecule has 0 saturated heterocycles. The van der Waals surface area contributed by atoms with Crippen molar-refractivity contribution < 1.29 is 27.2 Å². The van der Waals surface area contributed by atoms with E-state index in [1.165, 1.54) is 12.1 Å². The molecule has 0 bridgehead atoms. The third-order valence-corrected chi connectivity index (χ3v) is 4.92. The van der Waals surface area contributed by atoms with Gasteiger partial charge in [0.05, 0.1) is 15.8 Å². The number of halogens is 6. The van der Waals surface area contributed by atoms with Gasteiger partial charge in [0.2, 0.25) is 0 Å². The van der Waals surface area contributed by atoms with E-state index in [1.807, 2.05) is 0 Å². The number of oxime groups is 1.